The summed E-state index contributed by atoms with van der Waals surface area (Å²) in [5, 5.41) is 17.3. The predicted octanol–water partition coefficient (Wildman–Crippen LogP) is 3.61. The second kappa shape index (κ2) is 6.12. The molecule has 0 saturated carbocycles. The molecule has 2 aromatic rings. The molecular formula is C14H11BrN2O. The summed E-state index contributed by atoms with van der Waals surface area (Å²) in [4.78, 5) is 0. The fraction of sp³-hybridized carbons (Fsp3) is 0. The highest BCUT2D eigenvalue weighted by molar-refractivity contribution is 9.10. The molecule has 0 fully saturated rings. The van der Waals surface area contributed by atoms with Crippen LogP contribution in [0.3, 0.4) is 0 Å². The summed E-state index contributed by atoms with van der Waals surface area (Å²) in [6, 6.07) is 14.7. The minimum atomic E-state index is 0.195. The van der Waals surface area contributed by atoms with Crippen LogP contribution in [0.25, 0.3) is 0 Å². The molecule has 3 nitrogen and oxygen atoms in total. The van der Waals surface area contributed by atoms with Gasteiger partial charge in [-0.25, -0.2) is 0 Å². The lowest BCUT2D eigenvalue weighted by Gasteiger charge is -1.94. The van der Waals surface area contributed by atoms with Crippen LogP contribution in [-0.2, 0) is 0 Å². The molecule has 0 aliphatic heterocycles. The second-order valence-corrected chi connectivity index (χ2v) is 4.52. The van der Waals surface area contributed by atoms with Gasteiger partial charge in [-0.1, -0.05) is 40.2 Å². The van der Waals surface area contributed by atoms with E-state index in [1.54, 1.807) is 24.4 Å². The Morgan fingerprint density at radius 2 is 1.56 bits per heavy atom. The topological polar surface area (TPSA) is 45.0 Å². The number of para-hydroxylation sites is 1. The van der Waals surface area contributed by atoms with Crippen LogP contribution < -0.4 is 0 Å². The first-order valence-electron chi connectivity index (χ1n) is 5.36. The number of halogens is 1. The normalized spacial score (nSPS) is 11.4. The van der Waals surface area contributed by atoms with Crippen LogP contribution in [0.1, 0.15) is 11.1 Å². The van der Waals surface area contributed by atoms with Gasteiger partial charge in [0.05, 0.1) is 12.4 Å². The Morgan fingerprint density at radius 3 is 2.28 bits per heavy atom. The Kier molecular flexibility index (Phi) is 4.25. The molecule has 0 aromatic heterocycles. The van der Waals surface area contributed by atoms with Gasteiger partial charge in [0.2, 0.25) is 0 Å². The monoisotopic (exact) mass is 302 g/mol. The summed E-state index contributed by atoms with van der Waals surface area (Å²) in [5.74, 6) is 0.195. The number of hydrogen-bond donors (Lipinski definition) is 1. The van der Waals surface area contributed by atoms with Gasteiger partial charge < -0.3 is 5.11 Å². The first-order chi connectivity index (χ1) is 8.75. The lowest BCUT2D eigenvalue weighted by molar-refractivity contribution is 0.474. The molecule has 0 bridgehead atoms. The van der Waals surface area contributed by atoms with Gasteiger partial charge in [-0.2, -0.15) is 10.2 Å². The highest BCUT2D eigenvalue weighted by atomic mass is 79.9. The van der Waals surface area contributed by atoms with Gasteiger partial charge in [0, 0.05) is 10.0 Å². The number of phenols is 1. The zero-order valence-electron chi connectivity index (χ0n) is 9.49. The maximum absolute atomic E-state index is 9.51. The van der Waals surface area contributed by atoms with Gasteiger partial charge in [0.25, 0.3) is 0 Å². The standard InChI is InChI=1S/C14H11BrN2O/c15-13-7-5-11(6-8-13)9-16-17-10-12-3-1-2-4-14(12)18/h1-10,18H/b16-9+,17-10-. The van der Waals surface area contributed by atoms with Gasteiger partial charge in [-0.05, 0) is 29.8 Å². The molecule has 0 aliphatic carbocycles. The summed E-state index contributed by atoms with van der Waals surface area (Å²) in [6.07, 6.45) is 3.17. The van der Waals surface area contributed by atoms with Crippen molar-refractivity contribution in [1.82, 2.24) is 0 Å². The smallest absolute Gasteiger partial charge is 0.124 e. The third-order valence-electron chi connectivity index (χ3n) is 2.28. The third kappa shape index (κ3) is 3.53. The van der Waals surface area contributed by atoms with Crippen molar-refractivity contribution in [1.29, 1.82) is 0 Å². The van der Waals surface area contributed by atoms with E-state index in [2.05, 4.69) is 26.1 Å². The summed E-state index contributed by atoms with van der Waals surface area (Å²) >= 11 is 3.36. The Balaban J connectivity index is 2.03. The van der Waals surface area contributed by atoms with E-state index in [1.165, 1.54) is 6.21 Å². The van der Waals surface area contributed by atoms with E-state index >= 15 is 0 Å². The molecule has 0 saturated heterocycles. The van der Waals surface area contributed by atoms with Gasteiger partial charge >= 0.3 is 0 Å². The van der Waals surface area contributed by atoms with E-state index in [1.807, 2.05) is 30.3 Å². The van der Waals surface area contributed by atoms with Crippen molar-refractivity contribution in [2.24, 2.45) is 10.2 Å². The molecule has 4 heteroatoms. The molecule has 0 unspecified atom stereocenters. The van der Waals surface area contributed by atoms with Crippen LogP contribution >= 0.6 is 15.9 Å². The molecule has 18 heavy (non-hydrogen) atoms. The van der Waals surface area contributed by atoms with E-state index in [4.69, 9.17) is 0 Å². The maximum Gasteiger partial charge on any atom is 0.124 e. The van der Waals surface area contributed by atoms with Crippen molar-refractivity contribution in [3.05, 3.63) is 64.1 Å². The fourth-order valence-electron chi connectivity index (χ4n) is 1.34. The molecule has 0 radical (unpaired) electrons. The summed E-state index contributed by atoms with van der Waals surface area (Å²) < 4.78 is 1.03. The summed E-state index contributed by atoms with van der Waals surface area (Å²) in [5.41, 5.74) is 1.61. The lowest BCUT2D eigenvalue weighted by Crippen LogP contribution is -1.81. The Bertz CT molecular complexity index is 577. The van der Waals surface area contributed by atoms with Crippen molar-refractivity contribution in [2.45, 2.75) is 0 Å². The van der Waals surface area contributed by atoms with Crippen LogP contribution in [0.2, 0.25) is 0 Å². The van der Waals surface area contributed by atoms with Crippen LogP contribution in [0, 0.1) is 0 Å². The van der Waals surface area contributed by atoms with E-state index in [-0.39, 0.29) is 5.75 Å². The minimum Gasteiger partial charge on any atom is -0.507 e. The molecule has 0 spiro atoms. The summed E-state index contributed by atoms with van der Waals surface area (Å²) in [7, 11) is 0. The van der Waals surface area contributed by atoms with Crippen molar-refractivity contribution >= 4 is 28.4 Å². The van der Waals surface area contributed by atoms with Crippen LogP contribution in [0.15, 0.2) is 63.2 Å². The number of hydrogen-bond acceptors (Lipinski definition) is 3. The van der Waals surface area contributed by atoms with Gasteiger partial charge in [-0.3, -0.25) is 0 Å². The molecule has 2 rings (SSSR count). The number of phenolic OH excluding ortho intramolecular Hbond substituents is 1. The largest absolute Gasteiger partial charge is 0.507 e. The molecule has 0 heterocycles. The zero-order valence-corrected chi connectivity index (χ0v) is 11.1. The van der Waals surface area contributed by atoms with E-state index in [9.17, 15) is 5.11 Å². The van der Waals surface area contributed by atoms with Crippen molar-refractivity contribution in [2.75, 3.05) is 0 Å². The number of aromatic hydroxyl groups is 1. The molecular weight excluding hydrogens is 292 g/mol. The maximum atomic E-state index is 9.51. The number of benzene rings is 2. The predicted molar refractivity (Wildman–Crippen MR) is 77.4 cm³/mol. The van der Waals surface area contributed by atoms with E-state index in [0.29, 0.717) is 5.56 Å². The van der Waals surface area contributed by atoms with Crippen LogP contribution in [0.5, 0.6) is 5.75 Å². The van der Waals surface area contributed by atoms with Crippen LogP contribution in [-0.4, -0.2) is 17.5 Å². The molecule has 0 atom stereocenters. The molecule has 0 aliphatic rings. The Labute approximate surface area is 114 Å². The van der Waals surface area contributed by atoms with Crippen molar-refractivity contribution in [3.8, 4) is 5.75 Å². The van der Waals surface area contributed by atoms with Gasteiger partial charge in [-0.15, -0.1) is 0 Å². The third-order valence-corrected chi connectivity index (χ3v) is 2.81. The minimum absolute atomic E-state index is 0.195. The quantitative estimate of drug-likeness (QED) is 0.683. The van der Waals surface area contributed by atoms with Crippen LogP contribution in [0.4, 0.5) is 0 Å². The SMILES string of the molecule is Oc1ccccc1/C=N\N=C\c1ccc(Br)cc1. The summed E-state index contributed by atoms with van der Waals surface area (Å²) in [6.45, 7) is 0. The van der Waals surface area contributed by atoms with Crippen molar-refractivity contribution < 1.29 is 5.11 Å². The molecule has 90 valence electrons. The zero-order chi connectivity index (χ0) is 12.8. The number of rotatable bonds is 3. The Hall–Kier alpha value is -1.94. The van der Waals surface area contributed by atoms with E-state index in [0.717, 1.165) is 10.0 Å². The van der Waals surface area contributed by atoms with Crippen molar-refractivity contribution in [3.63, 3.8) is 0 Å². The average Bonchev–Trinajstić information content (AvgIpc) is 2.39. The highest BCUT2D eigenvalue weighted by Gasteiger charge is 1.93. The van der Waals surface area contributed by atoms with Gasteiger partial charge in [0.1, 0.15) is 5.75 Å². The number of nitrogens with zero attached hydrogens (tertiary/aromatic N) is 2. The fourth-order valence-corrected chi connectivity index (χ4v) is 1.61. The lowest BCUT2D eigenvalue weighted by atomic mass is 10.2. The molecule has 0 amide bonds. The highest BCUT2D eigenvalue weighted by Crippen LogP contribution is 2.12. The Morgan fingerprint density at radius 1 is 0.889 bits per heavy atom. The first kappa shape index (κ1) is 12.5. The van der Waals surface area contributed by atoms with Gasteiger partial charge in [0.15, 0.2) is 0 Å². The molecule has 1 N–H and O–H groups in total. The molecule has 2 aromatic carbocycles. The first-order valence-corrected chi connectivity index (χ1v) is 6.15. The second-order valence-electron chi connectivity index (χ2n) is 3.60. The average molecular weight is 303 g/mol. The van der Waals surface area contributed by atoms with E-state index < -0.39 is 0 Å².